The van der Waals surface area contributed by atoms with Gasteiger partial charge in [0.1, 0.15) is 0 Å². The highest BCUT2D eigenvalue weighted by Gasteiger charge is 2.14. The predicted octanol–water partition coefficient (Wildman–Crippen LogP) is -2.46. The molecule has 0 spiro atoms. The third-order valence-electron chi connectivity index (χ3n) is 0.680. The molecule has 12 heavy (non-hydrogen) atoms. The lowest BCUT2D eigenvalue weighted by Crippen LogP contribution is -2.47. The van der Waals surface area contributed by atoms with Crippen LogP contribution in [0.5, 0.6) is 0 Å². The Morgan fingerprint density at radius 3 is 1.75 bits per heavy atom. The summed E-state index contributed by atoms with van der Waals surface area (Å²) in [6.45, 7) is 0. The van der Waals surface area contributed by atoms with Crippen molar-refractivity contribution in [2.75, 3.05) is 0 Å². The number of nitrogens with two attached hydrogens (primary N) is 2. The Balaban J connectivity index is 4.03. The Hall–Kier alpha value is -1.70. The molecule has 0 aliphatic heterocycles. The molecular weight excluding hydrogens is 184 g/mol. The smallest absolute Gasteiger partial charge is 0.319 e. The van der Waals surface area contributed by atoms with Gasteiger partial charge in [-0.15, -0.1) is 0 Å². The van der Waals surface area contributed by atoms with Gasteiger partial charge in [0, 0.05) is 0 Å². The Kier molecular flexibility index (Phi) is 3.63. The third kappa shape index (κ3) is 4.17. The largest absolute Gasteiger partial charge is 0.376 e. The summed E-state index contributed by atoms with van der Waals surface area (Å²) in [6.07, 6.45) is 0. The molecule has 0 bridgehead atoms. The van der Waals surface area contributed by atoms with Crippen LogP contribution < -0.4 is 22.1 Å². The van der Waals surface area contributed by atoms with Crippen molar-refractivity contribution in [1.82, 2.24) is 10.6 Å². The summed E-state index contributed by atoms with van der Waals surface area (Å²) >= 11 is 4.25. The van der Waals surface area contributed by atoms with Crippen molar-refractivity contribution >= 4 is 35.2 Å². The summed E-state index contributed by atoms with van der Waals surface area (Å²) in [4.78, 5) is 31.2. The molecule has 0 aliphatic rings. The van der Waals surface area contributed by atoms with Crippen molar-refractivity contribution < 1.29 is 14.4 Å². The normalized spacial score (nSPS) is 8.33. The number of carbonyl (C=O) groups excluding carboxylic acids is 3. The van der Waals surface area contributed by atoms with Crippen LogP contribution in [0.1, 0.15) is 0 Å². The molecule has 8 heteroatoms. The van der Waals surface area contributed by atoms with Crippen LogP contribution in [0, 0.1) is 0 Å². The van der Waals surface area contributed by atoms with Gasteiger partial charge in [-0.3, -0.25) is 20.2 Å². The van der Waals surface area contributed by atoms with E-state index in [-0.39, 0.29) is 5.11 Å². The van der Waals surface area contributed by atoms with Gasteiger partial charge in [-0.2, -0.15) is 0 Å². The number of nitrogens with one attached hydrogen (secondary N) is 2. The molecule has 0 aromatic rings. The van der Waals surface area contributed by atoms with E-state index in [4.69, 9.17) is 5.73 Å². The fourth-order valence-corrected chi connectivity index (χ4v) is 0.430. The van der Waals surface area contributed by atoms with Gasteiger partial charge in [0.15, 0.2) is 5.11 Å². The molecule has 0 fully saturated rings. The topological polar surface area (TPSA) is 127 Å². The quantitative estimate of drug-likeness (QED) is 0.249. The molecule has 0 aliphatic carbocycles. The van der Waals surface area contributed by atoms with E-state index in [9.17, 15) is 14.4 Å². The van der Waals surface area contributed by atoms with Gasteiger partial charge in [-0.1, -0.05) is 0 Å². The van der Waals surface area contributed by atoms with Crippen LogP contribution in [0.2, 0.25) is 0 Å². The Labute approximate surface area is 72.5 Å². The predicted molar refractivity (Wildman–Crippen MR) is 42.7 cm³/mol. The first-order valence-corrected chi connectivity index (χ1v) is 3.05. The highest BCUT2D eigenvalue weighted by Crippen LogP contribution is 1.68. The molecule has 0 atom stereocenters. The molecule has 6 N–H and O–H groups in total. The first-order valence-electron chi connectivity index (χ1n) is 2.64. The minimum atomic E-state index is -1.21. The maximum absolute atomic E-state index is 10.6. The molecular formula is C4H6N4O3S. The lowest BCUT2D eigenvalue weighted by Gasteiger charge is -2.00. The summed E-state index contributed by atoms with van der Waals surface area (Å²) in [5.41, 5.74) is 9.41. The van der Waals surface area contributed by atoms with Crippen molar-refractivity contribution in [2.24, 2.45) is 11.5 Å². The maximum atomic E-state index is 10.6. The van der Waals surface area contributed by atoms with Gasteiger partial charge in [-0.05, 0) is 12.2 Å². The van der Waals surface area contributed by atoms with Crippen LogP contribution in [0.15, 0.2) is 0 Å². The Bertz CT molecular complexity index is 225. The first-order chi connectivity index (χ1) is 5.43. The summed E-state index contributed by atoms with van der Waals surface area (Å²) in [7, 11) is 0. The second-order valence-corrected chi connectivity index (χ2v) is 2.08. The van der Waals surface area contributed by atoms with Crippen LogP contribution in [0.4, 0.5) is 4.79 Å². The standard InChI is InChI=1S/C4H6N4O3S/c5-3(11)7-1(9)2(10)8-4(6)12/h(H3,5,7,9,11)(H3,6,8,10,12). The minimum Gasteiger partial charge on any atom is -0.376 e. The van der Waals surface area contributed by atoms with E-state index in [1.54, 1.807) is 5.32 Å². The zero-order valence-electron chi connectivity index (χ0n) is 5.79. The summed E-state index contributed by atoms with van der Waals surface area (Å²) in [5.74, 6) is -2.35. The van der Waals surface area contributed by atoms with E-state index < -0.39 is 17.8 Å². The zero-order chi connectivity index (χ0) is 9.72. The maximum Gasteiger partial charge on any atom is 0.319 e. The number of amides is 4. The van der Waals surface area contributed by atoms with Crippen LogP contribution in [-0.4, -0.2) is 23.0 Å². The Morgan fingerprint density at radius 2 is 1.42 bits per heavy atom. The van der Waals surface area contributed by atoms with Crippen molar-refractivity contribution in [2.45, 2.75) is 0 Å². The van der Waals surface area contributed by atoms with Crippen LogP contribution in [-0.2, 0) is 9.59 Å². The average molecular weight is 190 g/mol. The summed E-state index contributed by atoms with van der Waals surface area (Å²) < 4.78 is 0. The van der Waals surface area contributed by atoms with E-state index in [0.29, 0.717) is 0 Å². The van der Waals surface area contributed by atoms with Crippen molar-refractivity contribution in [3.8, 4) is 0 Å². The van der Waals surface area contributed by atoms with E-state index >= 15 is 0 Å². The number of rotatable bonds is 0. The van der Waals surface area contributed by atoms with Crippen molar-refractivity contribution in [1.29, 1.82) is 0 Å². The van der Waals surface area contributed by atoms with E-state index in [2.05, 4.69) is 18.0 Å². The minimum absolute atomic E-state index is 0.361. The van der Waals surface area contributed by atoms with Gasteiger partial charge in [0.05, 0.1) is 0 Å². The number of imide groups is 1. The molecule has 0 aromatic heterocycles. The summed E-state index contributed by atoms with van der Waals surface area (Å²) in [5, 5.41) is 2.96. The number of primary amides is 1. The molecule has 0 heterocycles. The molecule has 0 saturated heterocycles. The fourth-order valence-electron chi connectivity index (χ4n) is 0.337. The van der Waals surface area contributed by atoms with Gasteiger partial charge in [-0.25, -0.2) is 4.79 Å². The second kappa shape index (κ2) is 4.23. The monoisotopic (exact) mass is 190 g/mol. The molecule has 0 saturated carbocycles. The second-order valence-electron chi connectivity index (χ2n) is 1.64. The highest BCUT2D eigenvalue weighted by atomic mass is 32.1. The van der Waals surface area contributed by atoms with Crippen LogP contribution >= 0.6 is 12.2 Å². The van der Waals surface area contributed by atoms with Gasteiger partial charge >= 0.3 is 17.8 Å². The van der Waals surface area contributed by atoms with Crippen molar-refractivity contribution in [3.63, 3.8) is 0 Å². The lowest BCUT2D eigenvalue weighted by atomic mass is 10.5. The van der Waals surface area contributed by atoms with E-state index in [0.717, 1.165) is 0 Å². The molecule has 0 unspecified atom stereocenters. The zero-order valence-corrected chi connectivity index (χ0v) is 6.60. The summed E-state index contributed by atoms with van der Waals surface area (Å²) in [6, 6.07) is -1.13. The van der Waals surface area contributed by atoms with E-state index in [1.165, 1.54) is 5.32 Å². The lowest BCUT2D eigenvalue weighted by molar-refractivity contribution is -0.137. The molecule has 4 amide bonds. The molecule has 0 radical (unpaired) electrons. The molecule has 0 aromatic carbocycles. The molecule has 66 valence electrons. The Morgan fingerprint density at radius 1 is 1.00 bits per heavy atom. The van der Waals surface area contributed by atoms with Gasteiger partial charge in [0.25, 0.3) is 0 Å². The van der Waals surface area contributed by atoms with Crippen molar-refractivity contribution in [3.05, 3.63) is 0 Å². The number of thiocarbonyl (C=S) groups is 1. The molecule has 0 rings (SSSR count). The fraction of sp³-hybridized carbons (Fsp3) is 0. The third-order valence-corrected chi connectivity index (χ3v) is 0.782. The number of carbonyl (C=O) groups is 3. The number of hydrogen-bond donors (Lipinski definition) is 4. The van der Waals surface area contributed by atoms with E-state index in [1.807, 2.05) is 0 Å². The van der Waals surface area contributed by atoms with Crippen LogP contribution in [0.25, 0.3) is 0 Å². The molecule has 7 nitrogen and oxygen atoms in total. The van der Waals surface area contributed by atoms with Gasteiger partial charge in [0.2, 0.25) is 0 Å². The van der Waals surface area contributed by atoms with Crippen LogP contribution in [0.3, 0.4) is 0 Å². The highest BCUT2D eigenvalue weighted by molar-refractivity contribution is 7.80. The number of hydrogen-bond acceptors (Lipinski definition) is 4. The average Bonchev–Trinajstić information content (AvgIpc) is 1.84. The van der Waals surface area contributed by atoms with Gasteiger partial charge < -0.3 is 11.5 Å². The number of urea groups is 1. The first kappa shape index (κ1) is 10.3. The SMILES string of the molecule is NC(=O)NC(=O)C(=O)NC(N)=S.